The summed E-state index contributed by atoms with van der Waals surface area (Å²) in [7, 11) is 0. The summed E-state index contributed by atoms with van der Waals surface area (Å²) in [5.74, 6) is -2.52. The third kappa shape index (κ3) is 2.27. The second kappa shape index (κ2) is 4.44. The van der Waals surface area contributed by atoms with Crippen LogP contribution in [-0.4, -0.2) is 16.8 Å². The zero-order valence-electron chi connectivity index (χ0n) is 10.5. The molecular weight excluding hydrogens is 248 g/mol. The topological polar surface area (TPSA) is 22.0 Å². The van der Waals surface area contributed by atoms with Crippen molar-refractivity contribution < 1.29 is 13.6 Å². The van der Waals surface area contributed by atoms with Gasteiger partial charge in [-0.05, 0) is 18.4 Å². The number of hydrogen-bond donors (Lipinski definition) is 0. The smallest absolute Gasteiger partial charge is 0.248 e. The third-order valence-corrected chi connectivity index (χ3v) is 3.91. The molecule has 1 saturated carbocycles. The fourth-order valence-electron chi connectivity index (χ4n) is 3.00. The van der Waals surface area contributed by atoms with Gasteiger partial charge in [0.2, 0.25) is 5.92 Å². The van der Waals surface area contributed by atoms with E-state index >= 15 is 0 Å². The molecule has 1 aromatic carbocycles. The van der Waals surface area contributed by atoms with Gasteiger partial charge in [-0.15, -0.1) is 0 Å². The fraction of sp³-hybridized carbons (Fsp3) is 0.400. The third-order valence-electron chi connectivity index (χ3n) is 3.91. The Bertz CT molecular complexity index is 618. The lowest BCUT2D eigenvalue weighted by molar-refractivity contribution is 0.00440. The van der Waals surface area contributed by atoms with E-state index in [2.05, 4.69) is 0 Å². The molecule has 1 aliphatic carbocycles. The Labute approximate surface area is 110 Å². The van der Waals surface area contributed by atoms with Crippen molar-refractivity contribution in [1.82, 2.24) is 4.57 Å². The molecule has 2 nitrogen and oxygen atoms in total. The number of benzene rings is 1. The number of carbonyl (C=O) groups is 1. The first-order valence-electron chi connectivity index (χ1n) is 6.50. The Kier molecular flexibility index (Phi) is 2.88. The summed E-state index contributed by atoms with van der Waals surface area (Å²) in [5, 5.41) is 0.891. The zero-order valence-corrected chi connectivity index (χ0v) is 10.5. The molecule has 0 bridgehead atoms. The summed E-state index contributed by atoms with van der Waals surface area (Å²) in [6.07, 6.45) is 3.08. The maximum atomic E-state index is 13.2. The maximum absolute atomic E-state index is 13.2. The molecule has 0 N–H and O–H groups in total. The average Bonchev–Trinajstić information content (AvgIpc) is 2.91. The van der Waals surface area contributed by atoms with E-state index in [0.29, 0.717) is 18.5 Å². The molecule has 2 aromatic rings. The van der Waals surface area contributed by atoms with E-state index in [1.54, 1.807) is 6.20 Å². The minimum Gasteiger partial charge on any atom is -0.346 e. The van der Waals surface area contributed by atoms with Crippen LogP contribution in [0.25, 0.3) is 10.9 Å². The Hall–Kier alpha value is -1.71. The van der Waals surface area contributed by atoms with Crippen LogP contribution >= 0.6 is 0 Å². The Morgan fingerprint density at radius 2 is 2.16 bits per heavy atom. The number of aromatic nitrogens is 1. The van der Waals surface area contributed by atoms with Crippen molar-refractivity contribution in [3.8, 4) is 0 Å². The van der Waals surface area contributed by atoms with Crippen molar-refractivity contribution in [2.45, 2.75) is 31.7 Å². The zero-order chi connectivity index (χ0) is 13.5. The predicted molar refractivity (Wildman–Crippen MR) is 69.6 cm³/mol. The van der Waals surface area contributed by atoms with Crippen molar-refractivity contribution in [1.29, 1.82) is 0 Å². The van der Waals surface area contributed by atoms with Crippen LogP contribution in [0.15, 0.2) is 30.5 Å². The van der Waals surface area contributed by atoms with Gasteiger partial charge in [0.15, 0.2) is 6.29 Å². The summed E-state index contributed by atoms with van der Waals surface area (Å²) < 4.78 is 28.4. The van der Waals surface area contributed by atoms with Crippen LogP contribution in [0.3, 0.4) is 0 Å². The van der Waals surface area contributed by atoms with Gasteiger partial charge in [0.1, 0.15) is 0 Å². The number of aldehydes is 1. The van der Waals surface area contributed by atoms with Crippen LogP contribution in [0.1, 0.15) is 29.6 Å². The van der Waals surface area contributed by atoms with Crippen molar-refractivity contribution in [3.63, 3.8) is 0 Å². The first-order valence-corrected chi connectivity index (χ1v) is 6.50. The molecule has 1 unspecified atom stereocenters. The second-order valence-corrected chi connectivity index (χ2v) is 5.34. The molecule has 0 radical (unpaired) electrons. The number of halogens is 2. The summed E-state index contributed by atoms with van der Waals surface area (Å²) >= 11 is 0. The predicted octanol–water partition coefficient (Wildman–Crippen LogP) is 3.89. The van der Waals surface area contributed by atoms with Crippen LogP contribution in [0.5, 0.6) is 0 Å². The van der Waals surface area contributed by atoms with Gasteiger partial charge in [0.25, 0.3) is 0 Å². The quantitative estimate of drug-likeness (QED) is 0.770. The van der Waals surface area contributed by atoms with E-state index in [4.69, 9.17) is 0 Å². The maximum Gasteiger partial charge on any atom is 0.248 e. The van der Waals surface area contributed by atoms with E-state index in [1.165, 1.54) is 0 Å². The fourth-order valence-corrected chi connectivity index (χ4v) is 3.00. The number of fused-ring (bicyclic) bond motifs is 1. The minimum atomic E-state index is -2.51. The molecule has 1 heterocycles. The lowest BCUT2D eigenvalue weighted by Gasteiger charge is -2.12. The molecule has 3 rings (SSSR count). The summed E-state index contributed by atoms with van der Waals surface area (Å²) in [5.41, 5.74) is 1.57. The van der Waals surface area contributed by atoms with Crippen LogP contribution in [-0.2, 0) is 6.54 Å². The number of alkyl halides is 2. The van der Waals surface area contributed by atoms with Gasteiger partial charge >= 0.3 is 0 Å². The molecule has 100 valence electrons. The second-order valence-electron chi connectivity index (χ2n) is 5.34. The molecule has 19 heavy (non-hydrogen) atoms. The SMILES string of the molecule is O=Cc1cn(CC2CCC(F)(F)C2)c2ccccc12. The monoisotopic (exact) mass is 263 g/mol. The Morgan fingerprint density at radius 1 is 1.37 bits per heavy atom. The molecule has 1 fully saturated rings. The Morgan fingerprint density at radius 3 is 2.84 bits per heavy atom. The number of carbonyl (C=O) groups excluding carboxylic acids is 1. The average molecular weight is 263 g/mol. The lowest BCUT2D eigenvalue weighted by atomic mass is 10.1. The van der Waals surface area contributed by atoms with Crippen LogP contribution in [0, 0.1) is 5.92 Å². The minimum absolute atomic E-state index is 0.00897. The van der Waals surface area contributed by atoms with E-state index in [9.17, 15) is 13.6 Å². The van der Waals surface area contributed by atoms with Crippen LogP contribution in [0.4, 0.5) is 8.78 Å². The van der Waals surface area contributed by atoms with Crippen LogP contribution in [0.2, 0.25) is 0 Å². The number of para-hydroxylation sites is 1. The van der Waals surface area contributed by atoms with Gasteiger partial charge in [-0.25, -0.2) is 8.78 Å². The first-order chi connectivity index (χ1) is 9.09. The highest BCUT2D eigenvalue weighted by Gasteiger charge is 2.39. The van der Waals surface area contributed by atoms with Gasteiger partial charge in [-0.2, -0.15) is 0 Å². The van der Waals surface area contributed by atoms with Crippen molar-refractivity contribution in [3.05, 3.63) is 36.0 Å². The van der Waals surface area contributed by atoms with Gasteiger partial charge in [-0.3, -0.25) is 4.79 Å². The van der Waals surface area contributed by atoms with Gasteiger partial charge in [0, 0.05) is 42.0 Å². The highest BCUT2D eigenvalue weighted by Crippen LogP contribution is 2.40. The standard InChI is InChI=1S/C15H15F2NO/c16-15(17)6-5-11(7-15)8-18-9-12(10-19)13-3-1-2-4-14(13)18/h1-4,9-11H,5-8H2. The number of hydrogen-bond acceptors (Lipinski definition) is 1. The molecule has 0 spiro atoms. The van der Waals surface area contributed by atoms with Gasteiger partial charge in [0.05, 0.1) is 0 Å². The molecular formula is C15H15F2NO. The molecule has 1 aromatic heterocycles. The lowest BCUT2D eigenvalue weighted by Crippen LogP contribution is -2.12. The molecule has 1 atom stereocenters. The van der Waals surface area contributed by atoms with Crippen molar-refractivity contribution in [2.24, 2.45) is 5.92 Å². The first kappa shape index (κ1) is 12.3. The normalized spacial score (nSPS) is 21.9. The molecule has 1 aliphatic rings. The van der Waals surface area contributed by atoms with Crippen molar-refractivity contribution >= 4 is 17.2 Å². The van der Waals surface area contributed by atoms with E-state index in [1.807, 2.05) is 28.8 Å². The summed E-state index contributed by atoms with van der Waals surface area (Å²) in [6, 6.07) is 7.59. The van der Waals surface area contributed by atoms with Gasteiger partial charge < -0.3 is 4.57 Å². The summed E-state index contributed by atoms with van der Waals surface area (Å²) in [4.78, 5) is 11.0. The number of nitrogens with zero attached hydrogens (tertiary/aromatic N) is 1. The summed E-state index contributed by atoms with van der Waals surface area (Å²) in [6.45, 7) is 0.559. The van der Waals surface area contributed by atoms with Crippen molar-refractivity contribution in [2.75, 3.05) is 0 Å². The molecule has 0 amide bonds. The van der Waals surface area contributed by atoms with E-state index in [0.717, 1.165) is 17.2 Å². The van der Waals surface area contributed by atoms with Gasteiger partial charge in [-0.1, -0.05) is 18.2 Å². The number of rotatable bonds is 3. The highest BCUT2D eigenvalue weighted by atomic mass is 19.3. The molecule has 0 saturated heterocycles. The molecule has 4 heteroatoms. The molecule has 0 aliphatic heterocycles. The van der Waals surface area contributed by atoms with E-state index < -0.39 is 5.92 Å². The van der Waals surface area contributed by atoms with E-state index in [-0.39, 0.29) is 18.8 Å². The Balaban J connectivity index is 1.91. The largest absolute Gasteiger partial charge is 0.346 e. The van der Waals surface area contributed by atoms with Crippen LogP contribution < -0.4 is 0 Å². The highest BCUT2D eigenvalue weighted by molar-refractivity contribution is 5.97.